The van der Waals surface area contributed by atoms with Gasteiger partial charge < -0.3 is 20.3 Å². The predicted octanol–water partition coefficient (Wildman–Crippen LogP) is 2.02. The molecule has 1 spiro atoms. The van der Waals surface area contributed by atoms with E-state index < -0.39 is 18.3 Å². The van der Waals surface area contributed by atoms with E-state index in [4.69, 9.17) is 10.5 Å². The fourth-order valence-electron chi connectivity index (χ4n) is 4.63. The zero-order chi connectivity index (χ0) is 20.3. The highest BCUT2D eigenvalue weighted by atomic mass is 19.3. The molecule has 0 radical (unpaired) electrons. The third-order valence-electron chi connectivity index (χ3n) is 6.64. The molecule has 2 rings (SSSR count). The Bertz CT molecular complexity index is 546. The Morgan fingerprint density at radius 2 is 1.93 bits per heavy atom. The number of rotatable bonds is 9. The molecule has 1 aliphatic carbocycles. The van der Waals surface area contributed by atoms with Crippen LogP contribution in [0.25, 0.3) is 0 Å². The summed E-state index contributed by atoms with van der Waals surface area (Å²) in [6, 6.07) is 0. The van der Waals surface area contributed by atoms with Crippen molar-refractivity contribution in [1.82, 2.24) is 9.80 Å². The lowest BCUT2D eigenvalue weighted by Crippen LogP contribution is -2.50. The van der Waals surface area contributed by atoms with Gasteiger partial charge in [0.2, 0.25) is 5.91 Å². The first-order valence-electron chi connectivity index (χ1n) is 9.68. The molecule has 156 valence electrons. The van der Waals surface area contributed by atoms with Crippen molar-refractivity contribution in [3.8, 4) is 0 Å². The van der Waals surface area contributed by atoms with Crippen LogP contribution in [-0.4, -0.2) is 74.0 Å². The topological polar surface area (TPSA) is 75.9 Å². The average molecular weight is 389 g/mol. The van der Waals surface area contributed by atoms with E-state index in [1.165, 1.54) is 4.90 Å². The summed E-state index contributed by atoms with van der Waals surface area (Å²) in [5, 5.41) is 0. The first kappa shape index (κ1) is 22.0. The Labute approximate surface area is 160 Å². The Morgan fingerprint density at radius 3 is 2.44 bits per heavy atom. The average Bonchev–Trinajstić information content (AvgIpc) is 2.91. The van der Waals surface area contributed by atoms with Gasteiger partial charge in [0.1, 0.15) is 0 Å². The van der Waals surface area contributed by atoms with Crippen molar-refractivity contribution in [3.63, 3.8) is 0 Å². The summed E-state index contributed by atoms with van der Waals surface area (Å²) in [4.78, 5) is 27.0. The van der Waals surface area contributed by atoms with Crippen molar-refractivity contribution in [2.24, 2.45) is 11.1 Å². The van der Waals surface area contributed by atoms with Gasteiger partial charge in [0, 0.05) is 45.2 Å². The predicted molar refractivity (Wildman–Crippen MR) is 98.4 cm³/mol. The maximum Gasteiger partial charge on any atom is 0.326 e. The summed E-state index contributed by atoms with van der Waals surface area (Å²) in [6.45, 7) is 1.12. The Balaban J connectivity index is 1.95. The highest BCUT2D eigenvalue weighted by Gasteiger charge is 2.50. The van der Waals surface area contributed by atoms with Crippen molar-refractivity contribution in [2.75, 3.05) is 40.9 Å². The molecule has 0 aromatic rings. The minimum absolute atomic E-state index is 0.0907. The standard InChI is InChI=1S/C19H33F2N3O3/c1-23(2)18(5-4-12-27-3)8-6-17(7-9-18)13-15(25)24(14-17)11-10-19(20,21)16(22)26/h4-14H2,1-3H3,(H2,22,26). The van der Waals surface area contributed by atoms with Crippen LogP contribution < -0.4 is 5.73 Å². The first-order valence-corrected chi connectivity index (χ1v) is 9.68. The number of primary amides is 1. The lowest BCUT2D eigenvalue weighted by atomic mass is 9.65. The molecule has 1 aliphatic heterocycles. The van der Waals surface area contributed by atoms with Crippen molar-refractivity contribution in [1.29, 1.82) is 0 Å². The minimum Gasteiger partial charge on any atom is -0.385 e. The van der Waals surface area contributed by atoms with Crippen molar-refractivity contribution < 1.29 is 23.1 Å². The van der Waals surface area contributed by atoms with Gasteiger partial charge in [-0.05, 0) is 58.0 Å². The zero-order valence-electron chi connectivity index (χ0n) is 16.7. The lowest BCUT2D eigenvalue weighted by molar-refractivity contribution is -0.144. The normalized spacial score (nSPS) is 29.1. The zero-order valence-corrected chi connectivity index (χ0v) is 16.7. The van der Waals surface area contributed by atoms with Gasteiger partial charge in [-0.15, -0.1) is 0 Å². The van der Waals surface area contributed by atoms with Gasteiger partial charge >= 0.3 is 5.92 Å². The van der Waals surface area contributed by atoms with Crippen LogP contribution in [0, 0.1) is 5.41 Å². The maximum atomic E-state index is 13.5. The van der Waals surface area contributed by atoms with E-state index in [2.05, 4.69) is 19.0 Å². The Morgan fingerprint density at radius 1 is 1.30 bits per heavy atom. The van der Waals surface area contributed by atoms with E-state index in [0.717, 1.165) is 45.1 Å². The summed E-state index contributed by atoms with van der Waals surface area (Å²) >= 11 is 0. The largest absolute Gasteiger partial charge is 0.385 e. The van der Waals surface area contributed by atoms with Crippen LogP contribution in [0.2, 0.25) is 0 Å². The van der Waals surface area contributed by atoms with E-state index >= 15 is 0 Å². The molecule has 0 atom stereocenters. The minimum atomic E-state index is -3.57. The summed E-state index contributed by atoms with van der Waals surface area (Å²) in [7, 11) is 5.91. The molecule has 2 amide bonds. The Kier molecular flexibility index (Phi) is 6.84. The van der Waals surface area contributed by atoms with Gasteiger partial charge in [-0.1, -0.05) is 0 Å². The molecule has 2 aliphatic rings. The number of carbonyl (C=O) groups excluding carboxylic acids is 2. The monoisotopic (exact) mass is 389 g/mol. The molecule has 1 heterocycles. The number of hydrogen-bond donors (Lipinski definition) is 1. The van der Waals surface area contributed by atoms with Crippen LogP contribution in [0.15, 0.2) is 0 Å². The highest BCUT2D eigenvalue weighted by Crippen LogP contribution is 2.50. The van der Waals surface area contributed by atoms with Gasteiger partial charge in [-0.3, -0.25) is 9.59 Å². The van der Waals surface area contributed by atoms with E-state index in [0.29, 0.717) is 13.0 Å². The van der Waals surface area contributed by atoms with Crippen LogP contribution in [-0.2, 0) is 14.3 Å². The number of carbonyl (C=O) groups is 2. The van der Waals surface area contributed by atoms with Gasteiger partial charge in [-0.2, -0.15) is 8.78 Å². The maximum absolute atomic E-state index is 13.5. The molecule has 2 N–H and O–H groups in total. The number of halogens is 2. The summed E-state index contributed by atoms with van der Waals surface area (Å²) in [6.07, 6.45) is 5.55. The molecule has 2 fully saturated rings. The van der Waals surface area contributed by atoms with E-state index in [-0.39, 0.29) is 23.4 Å². The molecule has 8 heteroatoms. The summed E-state index contributed by atoms with van der Waals surface area (Å²) in [5.41, 5.74) is 4.71. The van der Waals surface area contributed by atoms with Gasteiger partial charge in [0.15, 0.2) is 0 Å². The molecule has 0 bridgehead atoms. The summed E-state index contributed by atoms with van der Waals surface area (Å²) in [5.74, 6) is -5.29. The molecule has 1 saturated carbocycles. The number of amides is 2. The number of methoxy groups -OCH3 is 1. The lowest BCUT2D eigenvalue weighted by Gasteiger charge is -2.48. The molecular weight excluding hydrogens is 356 g/mol. The molecule has 27 heavy (non-hydrogen) atoms. The van der Waals surface area contributed by atoms with Crippen molar-refractivity contribution in [3.05, 3.63) is 0 Å². The first-order chi connectivity index (χ1) is 12.6. The van der Waals surface area contributed by atoms with E-state index in [9.17, 15) is 18.4 Å². The van der Waals surface area contributed by atoms with Gasteiger partial charge in [-0.25, -0.2) is 0 Å². The second kappa shape index (κ2) is 8.39. The van der Waals surface area contributed by atoms with Crippen LogP contribution in [0.1, 0.15) is 51.4 Å². The quantitative estimate of drug-likeness (QED) is 0.612. The number of nitrogens with two attached hydrogens (primary N) is 1. The second-order valence-corrected chi connectivity index (χ2v) is 8.53. The van der Waals surface area contributed by atoms with Crippen molar-refractivity contribution >= 4 is 11.8 Å². The fraction of sp³-hybridized carbons (Fsp3) is 0.895. The van der Waals surface area contributed by atoms with Crippen LogP contribution in [0.4, 0.5) is 8.78 Å². The van der Waals surface area contributed by atoms with Crippen LogP contribution in [0.3, 0.4) is 0 Å². The summed E-state index contributed by atoms with van der Waals surface area (Å²) < 4.78 is 32.1. The van der Waals surface area contributed by atoms with Gasteiger partial charge in [0.05, 0.1) is 0 Å². The third kappa shape index (κ3) is 4.96. The number of hydrogen-bond acceptors (Lipinski definition) is 4. The number of nitrogens with zero attached hydrogens (tertiary/aromatic N) is 2. The van der Waals surface area contributed by atoms with E-state index in [1.54, 1.807) is 7.11 Å². The van der Waals surface area contributed by atoms with E-state index in [1.807, 2.05) is 0 Å². The van der Waals surface area contributed by atoms with Crippen LogP contribution >= 0.6 is 0 Å². The molecule has 0 aromatic carbocycles. The second-order valence-electron chi connectivity index (χ2n) is 8.53. The smallest absolute Gasteiger partial charge is 0.326 e. The number of alkyl halides is 2. The molecule has 1 saturated heterocycles. The molecule has 0 aromatic heterocycles. The third-order valence-corrected chi connectivity index (χ3v) is 6.64. The molecular formula is C19H33F2N3O3. The highest BCUT2D eigenvalue weighted by molar-refractivity contribution is 5.82. The van der Waals surface area contributed by atoms with Crippen molar-refractivity contribution in [2.45, 2.75) is 62.8 Å². The molecule has 6 nitrogen and oxygen atoms in total. The van der Waals surface area contributed by atoms with Gasteiger partial charge in [0.25, 0.3) is 5.91 Å². The number of ether oxygens (including phenoxy) is 1. The number of likely N-dealkylation sites (tertiary alicyclic amines) is 1. The molecule has 0 unspecified atom stereocenters. The fourth-order valence-corrected chi connectivity index (χ4v) is 4.63. The Hall–Kier alpha value is -1.28. The SMILES string of the molecule is COCCCC1(N(C)C)CCC2(CC1)CC(=O)N(CCC(F)(F)C(N)=O)C2. The van der Waals surface area contributed by atoms with Crippen LogP contribution in [0.5, 0.6) is 0 Å².